The molecule has 3 rings (SSSR count). The highest BCUT2D eigenvalue weighted by Gasteiger charge is 2.28. The number of hydrogen-bond acceptors (Lipinski definition) is 4. The number of nitrogens with zero attached hydrogens (tertiary/aromatic N) is 1. The van der Waals surface area contributed by atoms with Crippen molar-refractivity contribution in [2.75, 3.05) is 32.8 Å². The summed E-state index contributed by atoms with van der Waals surface area (Å²) in [6.07, 6.45) is 5.98. The normalized spacial score (nSPS) is 18.4. The Balaban J connectivity index is 1.57. The maximum Gasteiger partial charge on any atom is 0.251 e. The molecule has 1 aromatic carbocycles. The van der Waals surface area contributed by atoms with E-state index in [1.807, 2.05) is 0 Å². The average molecular weight is 415 g/mol. The third kappa shape index (κ3) is 5.67. The van der Waals surface area contributed by atoms with Crippen LogP contribution in [0.2, 0.25) is 5.02 Å². The van der Waals surface area contributed by atoms with Gasteiger partial charge < -0.3 is 10.1 Å². The number of nitrogens with one attached hydrogen (secondary N) is 1. The molecule has 0 bridgehead atoms. The first-order valence-electron chi connectivity index (χ1n) is 9.64. The van der Waals surface area contributed by atoms with Gasteiger partial charge in [0.15, 0.2) is 0 Å². The highest BCUT2D eigenvalue weighted by atomic mass is 35.5. The SMILES string of the molecule is O=C(NCCCOCC1CC1)c1ccc(Cl)c(S(=O)(=O)N2CCCCC2)c1. The van der Waals surface area contributed by atoms with Gasteiger partial charge in [0.2, 0.25) is 10.0 Å². The van der Waals surface area contributed by atoms with Crippen LogP contribution in [0.15, 0.2) is 23.1 Å². The number of amides is 1. The lowest BCUT2D eigenvalue weighted by atomic mass is 10.2. The van der Waals surface area contributed by atoms with Crippen molar-refractivity contribution in [2.24, 2.45) is 5.92 Å². The smallest absolute Gasteiger partial charge is 0.251 e. The molecule has 1 N–H and O–H groups in total. The van der Waals surface area contributed by atoms with Crippen LogP contribution in [0.3, 0.4) is 0 Å². The summed E-state index contributed by atoms with van der Waals surface area (Å²) in [7, 11) is -3.68. The van der Waals surface area contributed by atoms with Crippen molar-refractivity contribution >= 4 is 27.5 Å². The first-order chi connectivity index (χ1) is 13.0. The fraction of sp³-hybridized carbons (Fsp3) is 0.632. The van der Waals surface area contributed by atoms with Crippen molar-refractivity contribution < 1.29 is 17.9 Å². The van der Waals surface area contributed by atoms with E-state index >= 15 is 0 Å². The van der Waals surface area contributed by atoms with Crippen molar-refractivity contribution in [1.29, 1.82) is 0 Å². The second-order valence-electron chi connectivity index (χ2n) is 7.24. The quantitative estimate of drug-likeness (QED) is 0.630. The van der Waals surface area contributed by atoms with E-state index in [1.54, 1.807) is 6.07 Å². The zero-order valence-electron chi connectivity index (χ0n) is 15.5. The molecule has 1 aliphatic carbocycles. The van der Waals surface area contributed by atoms with E-state index in [9.17, 15) is 13.2 Å². The largest absolute Gasteiger partial charge is 0.381 e. The fourth-order valence-corrected chi connectivity index (χ4v) is 5.12. The lowest BCUT2D eigenvalue weighted by Crippen LogP contribution is -2.36. The van der Waals surface area contributed by atoms with Crippen LogP contribution >= 0.6 is 11.6 Å². The molecule has 1 amide bonds. The van der Waals surface area contributed by atoms with E-state index < -0.39 is 10.0 Å². The second-order valence-corrected chi connectivity index (χ2v) is 9.55. The van der Waals surface area contributed by atoms with Gasteiger partial charge in [-0.15, -0.1) is 0 Å². The topological polar surface area (TPSA) is 75.7 Å². The minimum absolute atomic E-state index is 0.00600. The Morgan fingerprint density at radius 2 is 1.96 bits per heavy atom. The Hall–Kier alpha value is -1.15. The fourth-order valence-electron chi connectivity index (χ4n) is 3.10. The maximum absolute atomic E-state index is 12.9. The number of piperidine rings is 1. The van der Waals surface area contributed by atoms with Gasteiger partial charge in [-0.3, -0.25) is 4.79 Å². The van der Waals surface area contributed by atoms with Crippen LogP contribution in [0.25, 0.3) is 0 Å². The molecular formula is C19H27ClN2O4S. The molecule has 0 aromatic heterocycles. The summed E-state index contributed by atoms with van der Waals surface area (Å²) in [6, 6.07) is 4.41. The molecule has 1 saturated carbocycles. The van der Waals surface area contributed by atoms with Crippen LogP contribution in [-0.4, -0.2) is 51.5 Å². The minimum Gasteiger partial charge on any atom is -0.381 e. The molecule has 2 aliphatic rings. The van der Waals surface area contributed by atoms with Gasteiger partial charge in [0.1, 0.15) is 4.90 Å². The van der Waals surface area contributed by atoms with E-state index in [0.29, 0.717) is 31.8 Å². The molecule has 0 unspecified atom stereocenters. The van der Waals surface area contributed by atoms with Gasteiger partial charge in [0.25, 0.3) is 5.91 Å². The summed E-state index contributed by atoms with van der Waals surface area (Å²) < 4.78 is 32.7. The molecule has 150 valence electrons. The molecule has 1 aromatic rings. The highest BCUT2D eigenvalue weighted by Crippen LogP contribution is 2.29. The summed E-state index contributed by atoms with van der Waals surface area (Å²) in [6.45, 7) is 2.90. The molecule has 8 heteroatoms. The predicted octanol–water partition coefficient (Wildman–Crippen LogP) is 3.06. The summed E-state index contributed by atoms with van der Waals surface area (Å²) >= 11 is 6.14. The third-order valence-electron chi connectivity index (χ3n) is 4.93. The standard InChI is InChI=1S/C19H27ClN2O4S/c20-17-8-7-16(19(23)21-9-4-12-26-14-15-5-6-15)13-18(17)27(24,25)22-10-2-1-3-11-22/h7-8,13,15H,1-6,9-12,14H2,(H,21,23). The van der Waals surface area contributed by atoms with Crippen LogP contribution in [0.4, 0.5) is 0 Å². The van der Waals surface area contributed by atoms with Gasteiger partial charge in [-0.05, 0) is 56.2 Å². The molecular weight excluding hydrogens is 388 g/mol. The monoisotopic (exact) mass is 414 g/mol. The van der Waals surface area contributed by atoms with Crippen LogP contribution in [0.1, 0.15) is 48.9 Å². The maximum atomic E-state index is 12.9. The summed E-state index contributed by atoms with van der Waals surface area (Å²) in [5.74, 6) is 0.429. The Morgan fingerprint density at radius 3 is 2.67 bits per heavy atom. The van der Waals surface area contributed by atoms with E-state index in [0.717, 1.165) is 38.2 Å². The predicted molar refractivity (Wildman–Crippen MR) is 105 cm³/mol. The number of halogens is 1. The second kappa shape index (κ2) is 9.37. The minimum atomic E-state index is -3.68. The van der Waals surface area contributed by atoms with Gasteiger partial charge in [-0.25, -0.2) is 8.42 Å². The Bertz CT molecular complexity index is 759. The highest BCUT2D eigenvalue weighted by molar-refractivity contribution is 7.89. The first-order valence-corrected chi connectivity index (χ1v) is 11.5. The number of carbonyl (C=O) groups is 1. The molecule has 2 fully saturated rings. The first kappa shape index (κ1) is 20.6. The Morgan fingerprint density at radius 1 is 1.22 bits per heavy atom. The number of benzene rings is 1. The molecule has 27 heavy (non-hydrogen) atoms. The van der Waals surface area contributed by atoms with Crippen molar-refractivity contribution in [3.05, 3.63) is 28.8 Å². The van der Waals surface area contributed by atoms with Gasteiger partial charge in [-0.1, -0.05) is 18.0 Å². The van der Waals surface area contributed by atoms with Gasteiger partial charge in [0, 0.05) is 38.4 Å². The van der Waals surface area contributed by atoms with E-state index in [1.165, 1.54) is 29.3 Å². The number of rotatable bonds is 9. The zero-order valence-corrected chi connectivity index (χ0v) is 17.0. The van der Waals surface area contributed by atoms with E-state index in [4.69, 9.17) is 16.3 Å². The van der Waals surface area contributed by atoms with Gasteiger partial charge >= 0.3 is 0 Å². The van der Waals surface area contributed by atoms with Crippen LogP contribution in [0, 0.1) is 5.92 Å². The molecule has 0 radical (unpaired) electrons. The molecule has 1 heterocycles. The molecule has 0 atom stereocenters. The van der Waals surface area contributed by atoms with E-state index in [2.05, 4.69) is 5.32 Å². The van der Waals surface area contributed by atoms with Gasteiger partial charge in [0.05, 0.1) is 5.02 Å². The summed E-state index contributed by atoms with van der Waals surface area (Å²) in [4.78, 5) is 12.4. The van der Waals surface area contributed by atoms with Crippen LogP contribution < -0.4 is 5.32 Å². The zero-order chi connectivity index (χ0) is 19.3. The number of sulfonamides is 1. The van der Waals surface area contributed by atoms with Crippen molar-refractivity contribution in [3.8, 4) is 0 Å². The third-order valence-corrected chi connectivity index (χ3v) is 7.31. The summed E-state index contributed by atoms with van der Waals surface area (Å²) in [5, 5.41) is 2.95. The van der Waals surface area contributed by atoms with Crippen molar-refractivity contribution in [3.63, 3.8) is 0 Å². The van der Waals surface area contributed by atoms with Crippen molar-refractivity contribution in [2.45, 2.75) is 43.4 Å². The van der Waals surface area contributed by atoms with Crippen molar-refractivity contribution in [1.82, 2.24) is 9.62 Å². The Kier molecular flexibility index (Phi) is 7.14. The summed E-state index contributed by atoms with van der Waals surface area (Å²) in [5.41, 5.74) is 0.300. The molecule has 0 spiro atoms. The number of ether oxygens (including phenoxy) is 1. The number of carbonyl (C=O) groups excluding carboxylic acids is 1. The number of hydrogen-bond donors (Lipinski definition) is 1. The molecule has 1 aliphatic heterocycles. The Labute approximate surface area is 166 Å². The molecule has 1 saturated heterocycles. The van der Waals surface area contributed by atoms with Gasteiger partial charge in [-0.2, -0.15) is 4.31 Å². The molecule has 6 nitrogen and oxygen atoms in total. The van der Waals surface area contributed by atoms with E-state index in [-0.39, 0.29) is 15.8 Å². The average Bonchev–Trinajstić information content (AvgIpc) is 3.49. The van der Waals surface area contributed by atoms with Crippen LogP contribution in [0.5, 0.6) is 0 Å². The lowest BCUT2D eigenvalue weighted by Gasteiger charge is -2.26. The lowest BCUT2D eigenvalue weighted by molar-refractivity contribution is 0.0937. The van der Waals surface area contributed by atoms with Crippen LogP contribution in [-0.2, 0) is 14.8 Å².